The molecule has 0 saturated heterocycles. The molecule has 4 nitrogen and oxygen atoms in total. The Kier molecular flexibility index (Phi) is 4.58. The number of ether oxygens (including phenoxy) is 2. The molecule has 0 heterocycles. The maximum Gasteiger partial charge on any atom is 0.343 e. The van der Waals surface area contributed by atoms with Gasteiger partial charge in [0.05, 0.1) is 7.11 Å². The molecule has 0 saturated carbocycles. The third kappa shape index (κ3) is 3.89. The van der Waals surface area contributed by atoms with Gasteiger partial charge in [0.15, 0.2) is 6.61 Å². The zero-order valence-corrected chi connectivity index (χ0v) is 9.91. The van der Waals surface area contributed by atoms with Crippen LogP contribution in [-0.4, -0.2) is 19.7 Å². The van der Waals surface area contributed by atoms with E-state index < -0.39 is 5.97 Å². The van der Waals surface area contributed by atoms with Gasteiger partial charge in [0.1, 0.15) is 5.75 Å². The lowest BCUT2D eigenvalue weighted by Crippen LogP contribution is -2.12. The van der Waals surface area contributed by atoms with Crippen LogP contribution in [0.3, 0.4) is 0 Å². The number of methoxy groups -OCH3 is 1. The number of carbonyl (C=O) groups is 1. The summed E-state index contributed by atoms with van der Waals surface area (Å²) in [4.78, 5) is 10.8. The van der Waals surface area contributed by atoms with E-state index in [1.807, 2.05) is 6.07 Å². The topological polar surface area (TPSA) is 61.5 Å². The van der Waals surface area contributed by atoms with Gasteiger partial charge in [-0.15, -0.1) is 0 Å². The Morgan fingerprint density at radius 1 is 1.47 bits per heavy atom. The van der Waals surface area contributed by atoms with Crippen molar-refractivity contribution < 1.29 is 14.3 Å². The Morgan fingerprint density at radius 3 is 2.80 bits per heavy atom. The zero-order valence-electron chi connectivity index (χ0n) is 8.33. The summed E-state index contributed by atoms with van der Waals surface area (Å²) in [5, 5.41) is 0. The van der Waals surface area contributed by atoms with E-state index in [1.165, 1.54) is 7.11 Å². The molecule has 82 valence electrons. The maximum absolute atomic E-state index is 10.8. The zero-order chi connectivity index (χ0) is 11.3. The van der Waals surface area contributed by atoms with Gasteiger partial charge in [-0.1, -0.05) is 15.9 Å². The molecule has 0 aliphatic carbocycles. The fraction of sp³-hybridized carbons (Fsp3) is 0.300. The fourth-order valence-corrected chi connectivity index (χ4v) is 1.54. The Bertz CT molecular complexity index is 355. The van der Waals surface area contributed by atoms with E-state index in [9.17, 15) is 4.79 Å². The number of hydrogen-bond acceptors (Lipinski definition) is 4. The third-order valence-electron chi connectivity index (χ3n) is 1.75. The van der Waals surface area contributed by atoms with Crippen molar-refractivity contribution in [2.45, 2.75) is 6.54 Å². The summed E-state index contributed by atoms with van der Waals surface area (Å²) in [6, 6.07) is 5.45. The highest BCUT2D eigenvalue weighted by atomic mass is 79.9. The first-order chi connectivity index (χ1) is 7.15. The van der Waals surface area contributed by atoms with Gasteiger partial charge >= 0.3 is 5.97 Å². The molecule has 1 aromatic rings. The van der Waals surface area contributed by atoms with Crippen LogP contribution in [0.25, 0.3) is 0 Å². The Balaban J connectivity index is 2.68. The van der Waals surface area contributed by atoms with E-state index >= 15 is 0 Å². The van der Waals surface area contributed by atoms with E-state index in [4.69, 9.17) is 10.5 Å². The Morgan fingerprint density at radius 2 is 2.20 bits per heavy atom. The highest BCUT2D eigenvalue weighted by Crippen LogP contribution is 2.21. The third-order valence-corrected chi connectivity index (χ3v) is 2.21. The SMILES string of the molecule is COC(=O)COc1cc(Br)cc(CN)c1. The Hall–Kier alpha value is -1.07. The largest absolute Gasteiger partial charge is 0.482 e. The van der Waals surface area contributed by atoms with Gasteiger partial charge in [-0.25, -0.2) is 4.79 Å². The molecular weight excluding hydrogens is 262 g/mol. The average molecular weight is 274 g/mol. The molecule has 0 unspecified atom stereocenters. The van der Waals surface area contributed by atoms with E-state index in [1.54, 1.807) is 12.1 Å². The van der Waals surface area contributed by atoms with Crippen molar-refractivity contribution in [1.82, 2.24) is 0 Å². The maximum atomic E-state index is 10.8. The quantitative estimate of drug-likeness (QED) is 0.844. The molecule has 0 fully saturated rings. The molecule has 0 amide bonds. The van der Waals surface area contributed by atoms with E-state index in [0.717, 1.165) is 10.0 Å². The molecule has 0 spiro atoms. The lowest BCUT2D eigenvalue weighted by Gasteiger charge is -2.07. The number of nitrogens with two attached hydrogens (primary N) is 1. The molecule has 15 heavy (non-hydrogen) atoms. The summed E-state index contributed by atoms with van der Waals surface area (Å²) >= 11 is 3.33. The minimum absolute atomic E-state index is 0.100. The molecule has 0 aliphatic heterocycles. The standard InChI is InChI=1S/C10H12BrNO3/c1-14-10(13)6-15-9-3-7(5-12)2-8(11)4-9/h2-4H,5-6,12H2,1H3. The predicted molar refractivity (Wildman–Crippen MR) is 59.5 cm³/mol. The average Bonchev–Trinajstić information content (AvgIpc) is 2.25. The minimum atomic E-state index is -0.413. The van der Waals surface area contributed by atoms with E-state index in [-0.39, 0.29) is 6.61 Å². The summed E-state index contributed by atoms with van der Waals surface area (Å²) in [5.41, 5.74) is 6.44. The second kappa shape index (κ2) is 5.72. The molecule has 5 heteroatoms. The first-order valence-electron chi connectivity index (χ1n) is 4.35. The van der Waals surface area contributed by atoms with Crippen LogP contribution in [0.2, 0.25) is 0 Å². The van der Waals surface area contributed by atoms with Gasteiger partial charge in [0, 0.05) is 11.0 Å². The molecule has 2 N–H and O–H groups in total. The molecule has 0 bridgehead atoms. The highest BCUT2D eigenvalue weighted by Gasteiger charge is 2.03. The van der Waals surface area contributed by atoms with Crippen LogP contribution in [0.15, 0.2) is 22.7 Å². The molecule has 1 rings (SSSR count). The number of esters is 1. The second-order valence-electron chi connectivity index (χ2n) is 2.86. The van der Waals surface area contributed by atoms with Crippen LogP contribution < -0.4 is 10.5 Å². The lowest BCUT2D eigenvalue weighted by molar-refractivity contribution is -0.142. The minimum Gasteiger partial charge on any atom is -0.482 e. The first kappa shape index (κ1) is 12.0. The van der Waals surface area contributed by atoms with Crippen molar-refractivity contribution in [2.75, 3.05) is 13.7 Å². The molecule has 1 aromatic carbocycles. The van der Waals surface area contributed by atoms with Crippen molar-refractivity contribution in [3.05, 3.63) is 28.2 Å². The number of benzene rings is 1. The van der Waals surface area contributed by atoms with Crippen LogP contribution in [0.4, 0.5) is 0 Å². The summed E-state index contributed by atoms with van der Waals surface area (Å²) < 4.78 is 10.5. The van der Waals surface area contributed by atoms with E-state index in [2.05, 4.69) is 20.7 Å². The van der Waals surface area contributed by atoms with Crippen LogP contribution in [0, 0.1) is 0 Å². The number of rotatable bonds is 4. The number of halogens is 1. The van der Waals surface area contributed by atoms with Gasteiger partial charge in [0.2, 0.25) is 0 Å². The fourth-order valence-electron chi connectivity index (χ4n) is 1.02. The van der Waals surface area contributed by atoms with Crippen LogP contribution in [0.1, 0.15) is 5.56 Å². The summed E-state index contributed by atoms with van der Waals surface area (Å²) in [5.74, 6) is 0.180. The first-order valence-corrected chi connectivity index (χ1v) is 5.14. The summed E-state index contributed by atoms with van der Waals surface area (Å²) in [6.45, 7) is 0.324. The van der Waals surface area contributed by atoms with Crippen LogP contribution >= 0.6 is 15.9 Å². The van der Waals surface area contributed by atoms with Crippen molar-refractivity contribution in [3.63, 3.8) is 0 Å². The normalized spacial score (nSPS) is 9.80. The number of hydrogen-bond donors (Lipinski definition) is 1. The molecule has 0 atom stereocenters. The smallest absolute Gasteiger partial charge is 0.343 e. The van der Waals surface area contributed by atoms with Crippen LogP contribution in [-0.2, 0) is 16.1 Å². The summed E-state index contributed by atoms with van der Waals surface area (Å²) in [7, 11) is 1.32. The Labute approximate surface area is 96.5 Å². The summed E-state index contributed by atoms with van der Waals surface area (Å²) in [6.07, 6.45) is 0. The second-order valence-corrected chi connectivity index (χ2v) is 3.78. The van der Waals surface area contributed by atoms with Gasteiger partial charge in [-0.2, -0.15) is 0 Å². The van der Waals surface area contributed by atoms with Gasteiger partial charge in [-0.3, -0.25) is 0 Å². The monoisotopic (exact) mass is 273 g/mol. The number of carbonyl (C=O) groups excluding carboxylic acids is 1. The molecule has 0 aromatic heterocycles. The van der Waals surface area contributed by atoms with Crippen molar-refractivity contribution in [1.29, 1.82) is 0 Å². The molecule has 0 radical (unpaired) electrons. The lowest BCUT2D eigenvalue weighted by atomic mass is 10.2. The van der Waals surface area contributed by atoms with Crippen molar-refractivity contribution in [3.8, 4) is 5.75 Å². The predicted octanol–water partition coefficient (Wildman–Crippen LogP) is 1.46. The van der Waals surface area contributed by atoms with E-state index in [0.29, 0.717) is 12.3 Å². The highest BCUT2D eigenvalue weighted by molar-refractivity contribution is 9.10. The van der Waals surface area contributed by atoms with Crippen molar-refractivity contribution in [2.24, 2.45) is 5.73 Å². The van der Waals surface area contributed by atoms with Gasteiger partial charge in [0.25, 0.3) is 0 Å². The molecular formula is C10H12BrNO3. The van der Waals surface area contributed by atoms with Crippen LogP contribution in [0.5, 0.6) is 5.75 Å². The van der Waals surface area contributed by atoms with Gasteiger partial charge < -0.3 is 15.2 Å². The molecule has 0 aliphatic rings. The van der Waals surface area contributed by atoms with Crippen molar-refractivity contribution >= 4 is 21.9 Å². The van der Waals surface area contributed by atoms with Gasteiger partial charge in [-0.05, 0) is 23.8 Å².